The molecule has 0 amide bonds. The van der Waals surface area contributed by atoms with E-state index in [9.17, 15) is 4.79 Å². The summed E-state index contributed by atoms with van der Waals surface area (Å²) in [6.07, 6.45) is -0.0238. The van der Waals surface area contributed by atoms with Gasteiger partial charge >= 0.3 is 35.5 Å². The molecule has 1 aromatic carbocycles. The zero-order valence-corrected chi connectivity index (χ0v) is 9.60. The maximum Gasteiger partial charge on any atom is 1.00 e. The summed E-state index contributed by atoms with van der Waals surface area (Å²) in [5.41, 5.74) is 6.48. The third-order valence-corrected chi connectivity index (χ3v) is 1.62. The van der Waals surface area contributed by atoms with E-state index < -0.39 is 12.0 Å². The van der Waals surface area contributed by atoms with E-state index in [1.54, 1.807) is 0 Å². The van der Waals surface area contributed by atoms with Gasteiger partial charge in [0.15, 0.2) is 0 Å². The number of benzene rings is 1. The predicted octanol–water partition coefficient (Wildman–Crippen LogP) is -1.72. The summed E-state index contributed by atoms with van der Waals surface area (Å²) in [5, 5.41) is 8.47. The Balaban J connectivity index is 0. The molecule has 0 saturated heterocycles. The largest absolute Gasteiger partial charge is 1.00 e. The summed E-state index contributed by atoms with van der Waals surface area (Å²) in [5.74, 6) is -0.869. The SMILES string of the molecule is NC(CC(=O)O)c1ccccc1.[H-].[Na+]. The molecule has 0 aliphatic rings. The minimum absolute atomic E-state index is 0. The Labute approximate surface area is 101 Å². The third-order valence-electron chi connectivity index (χ3n) is 1.62. The van der Waals surface area contributed by atoms with Crippen molar-refractivity contribution in [3.8, 4) is 0 Å². The van der Waals surface area contributed by atoms with Crippen molar-refractivity contribution in [3.63, 3.8) is 0 Å². The molecule has 0 heterocycles. The number of rotatable bonds is 3. The molecule has 0 bridgehead atoms. The molecule has 0 aromatic heterocycles. The van der Waals surface area contributed by atoms with Crippen LogP contribution in [0.5, 0.6) is 0 Å². The second kappa shape index (κ2) is 6.16. The third kappa shape index (κ3) is 4.43. The number of hydrogen-bond donors (Lipinski definition) is 2. The van der Waals surface area contributed by atoms with E-state index >= 15 is 0 Å². The van der Waals surface area contributed by atoms with Crippen molar-refractivity contribution in [1.29, 1.82) is 0 Å². The number of nitrogens with two attached hydrogens (primary N) is 1. The first-order chi connectivity index (χ1) is 5.70. The number of carboxylic acids is 1. The van der Waals surface area contributed by atoms with Crippen LogP contribution in [0.25, 0.3) is 0 Å². The minimum atomic E-state index is -0.869. The molecule has 3 nitrogen and oxygen atoms in total. The van der Waals surface area contributed by atoms with Crippen LogP contribution in [0.1, 0.15) is 19.5 Å². The van der Waals surface area contributed by atoms with Crippen LogP contribution in [0.15, 0.2) is 30.3 Å². The van der Waals surface area contributed by atoms with Gasteiger partial charge in [-0.25, -0.2) is 0 Å². The van der Waals surface area contributed by atoms with Crippen LogP contribution in [0.4, 0.5) is 0 Å². The van der Waals surface area contributed by atoms with Crippen molar-refractivity contribution >= 4 is 5.97 Å². The first-order valence-corrected chi connectivity index (χ1v) is 3.72. The van der Waals surface area contributed by atoms with Gasteiger partial charge in [0.25, 0.3) is 0 Å². The predicted molar refractivity (Wildman–Crippen MR) is 46.7 cm³/mol. The summed E-state index contributed by atoms with van der Waals surface area (Å²) in [6.45, 7) is 0. The van der Waals surface area contributed by atoms with Crippen molar-refractivity contribution in [1.82, 2.24) is 0 Å². The number of carbonyl (C=O) groups is 1. The van der Waals surface area contributed by atoms with Crippen molar-refractivity contribution in [2.75, 3.05) is 0 Å². The molecule has 0 aliphatic carbocycles. The van der Waals surface area contributed by atoms with Crippen LogP contribution >= 0.6 is 0 Å². The molecule has 1 atom stereocenters. The molecule has 0 fully saturated rings. The zero-order chi connectivity index (χ0) is 8.97. The molecule has 4 heteroatoms. The standard InChI is InChI=1S/C9H11NO2.Na.H/c10-8(6-9(11)12)7-4-2-1-3-5-7;;/h1-5,8H,6,10H2,(H,11,12);;/q;+1;-1. The summed E-state index contributed by atoms with van der Waals surface area (Å²) in [7, 11) is 0. The van der Waals surface area contributed by atoms with Crippen molar-refractivity contribution in [3.05, 3.63) is 35.9 Å². The zero-order valence-electron chi connectivity index (χ0n) is 8.60. The van der Waals surface area contributed by atoms with E-state index in [4.69, 9.17) is 10.8 Å². The van der Waals surface area contributed by atoms with Crippen LogP contribution in [0, 0.1) is 0 Å². The van der Waals surface area contributed by atoms with Crippen LogP contribution in [-0.4, -0.2) is 11.1 Å². The Hall–Kier alpha value is -0.350. The van der Waals surface area contributed by atoms with Gasteiger partial charge in [-0.05, 0) is 5.56 Å². The van der Waals surface area contributed by atoms with Gasteiger partial charge in [-0.15, -0.1) is 0 Å². The smallest absolute Gasteiger partial charge is 1.00 e. The number of aliphatic carboxylic acids is 1. The van der Waals surface area contributed by atoms with E-state index in [2.05, 4.69) is 0 Å². The van der Waals surface area contributed by atoms with Gasteiger partial charge in [-0.1, -0.05) is 30.3 Å². The molecular formula is C9H12NNaO2. The molecule has 13 heavy (non-hydrogen) atoms. The second-order valence-electron chi connectivity index (χ2n) is 2.62. The summed E-state index contributed by atoms with van der Waals surface area (Å²) >= 11 is 0. The van der Waals surface area contributed by atoms with Crippen molar-refractivity contribution in [2.24, 2.45) is 5.73 Å². The van der Waals surface area contributed by atoms with Crippen LogP contribution < -0.4 is 35.3 Å². The molecule has 1 unspecified atom stereocenters. The fraction of sp³-hybridized carbons (Fsp3) is 0.222. The van der Waals surface area contributed by atoms with Gasteiger partial charge in [0.05, 0.1) is 6.42 Å². The molecule has 3 N–H and O–H groups in total. The van der Waals surface area contributed by atoms with Crippen LogP contribution in [0.2, 0.25) is 0 Å². The Morgan fingerprint density at radius 3 is 2.46 bits per heavy atom. The summed E-state index contributed by atoms with van der Waals surface area (Å²) < 4.78 is 0. The molecule has 0 aliphatic heterocycles. The van der Waals surface area contributed by atoms with E-state index in [0.717, 1.165) is 5.56 Å². The maximum atomic E-state index is 10.3. The maximum absolute atomic E-state index is 10.3. The number of hydrogen-bond acceptors (Lipinski definition) is 2. The fourth-order valence-electron chi connectivity index (χ4n) is 1.01. The molecule has 66 valence electrons. The Bertz CT molecular complexity index is 269. The Morgan fingerprint density at radius 2 is 2.00 bits per heavy atom. The van der Waals surface area contributed by atoms with Crippen LogP contribution in [0.3, 0.4) is 0 Å². The van der Waals surface area contributed by atoms with E-state index in [0.29, 0.717) is 0 Å². The molecular weight excluding hydrogens is 177 g/mol. The molecule has 0 radical (unpaired) electrons. The van der Waals surface area contributed by atoms with Crippen molar-refractivity contribution < 1.29 is 40.9 Å². The van der Waals surface area contributed by atoms with Crippen molar-refractivity contribution in [2.45, 2.75) is 12.5 Å². The second-order valence-corrected chi connectivity index (χ2v) is 2.62. The van der Waals surface area contributed by atoms with E-state index in [1.807, 2.05) is 30.3 Å². The first kappa shape index (κ1) is 12.7. The fourth-order valence-corrected chi connectivity index (χ4v) is 1.01. The average molecular weight is 189 g/mol. The summed E-state index contributed by atoms with van der Waals surface area (Å²) in [6, 6.07) is 8.82. The first-order valence-electron chi connectivity index (χ1n) is 3.72. The summed E-state index contributed by atoms with van der Waals surface area (Å²) in [4.78, 5) is 10.3. The molecule has 1 aromatic rings. The Kier molecular flexibility index (Phi) is 5.99. The molecule has 0 saturated carbocycles. The van der Waals surface area contributed by atoms with Gasteiger partial charge in [0.2, 0.25) is 0 Å². The normalized spacial score (nSPS) is 11.5. The van der Waals surface area contributed by atoms with Gasteiger partial charge in [0.1, 0.15) is 0 Å². The number of carboxylic acid groups (broad SMARTS) is 1. The van der Waals surface area contributed by atoms with E-state index in [1.165, 1.54) is 0 Å². The molecule has 1 rings (SSSR count). The minimum Gasteiger partial charge on any atom is -1.00 e. The quantitative estimate of drug-likeness (QED) is 0.556. The van der Waals surface area contributed by atoms with Gasteiger partial charge in [0, 0.05) is 6.04 Å². The molecule has 0 spiro atoms. The Morgan fingerprint density at radius 1 is 1.46 bits per heavy atom. The van der Waals surface area contributed by atoms with Gasteiger partial charge < -0.3 is 12.3 Å². The topological polar surface area (TPSA) is 63.3 Å². The van der Waals surface area contributed by atoms with Crippen LogP contribution in [-0.2, 0) is 4.79 Å². The monoisotopic (exact) mass is 189 g/mol. The van der Waals surface area contributed by atoms with Gasteiger partial charge in [-0.2, -0.15) is 0 Å². The average Bonchev–Trinajstić information content (AvgIpc) is 2.05. The van der Waals surface area contributed by atoms with E-state index in [-0.39, 0.29) is 37.4 Å². The van der Waals surface area contributed by atoms with Gasteiger partial charge in [-0.3, -0.25) is 4.79 Å².